The molecule has 5 nitrogen and oxygen atoms in total. The summed E-state index contributed by atoms with van der Waals surface area (Å²) >= 11 is 0. The van der Waals surface area contributed by atoms with E-state index < -0.39 is 14.2 Å². The molecule has 0 aliphatic rings. The topological polar surface area (TPSA) is 86.2 Å². The minimum atomic E-state index is -3.39. The molecule has 0 amide bonds. The van der Waals surface area contributed by atoms with E-state index in [1.54, 1.807) is 0 Å². The Bertz CT molecular complexity index is 439. The lowest BCUT2D eigenvalue weighted by atomic mass is 10.3. The van der Waals surface area contributed by atoms with Crippen LogP contribution in [0.3, 0.4) is 0 Å². The minimum absolute atomic E-state index is 0.101. The average molecular weight is 216 g/mol. The first-order valence-electron chi connectivity index (χ1n) is 3.83. The molecule has 1 aromatic carbocycles. The molecule has 0 aromatic heterocycles. The van der Waals surface area contributed by atoms with E-state index >= 15 is 0 Å². The van der Waals surface area contributed by atoms with Crippen LogP contribution in [-0.4, -0.2) is 21.6 Å². The lowest BCUT2D eigenvalue weighted by molar-refractivity contribution is -0.385. The molecule has 0 heterocycles. The Morgan fingerprint density at radius 2 is 2.00 bits per heavy atom. The van der Waals surface area contributed by atoms with Gasteiger partial charge in [-0.15, -0.1) is 0 Å². The summed E-state index contributed by atoms with van der Waals surface area (Å²) in [7, 11) is -3.39. The van der Waals surface area contributed by atoms with E-state index in [2.05, 4.69) is 0 Å². The lowest BCUT2D eigenvalue weighted by Crippen LogP contribution is -2.39. The highest BCUT2D eigenvalue weighted by molar-refractivity contribution is 8.16. The van der Waals surface area contributed by atoms with Crippen molar-refractivity contribution in [2.75, 3.05) is 12.5 Å². The number of nitro benzene ring substituents is 1. The maximum Gasteiger partial charge on any atom is 0.270 e. The number of non-ortho nitro benzene ring substituents is 1. The van der Waals surface area contributed by atoms with Crippen LogP contribution in [0.4, 0.5) is 5.69 Å². The van der Waals surface area contributed by atoms with Crippen molar-refractivity contribution in [2.24, 2.45) is 5.14 Å². The SMILES string of the molecule is CS(C)(N)(=O)c1cccc([N+](=O)[O-])c1. The van der Waals surface area contributed by atoms with Crippen LogP contribution in [0.15, 0.2) is 29.2 Å². The quantitative estimate of drug-likeness (QED) is 0.588. The molecule has 0 bridgehead atoms. The number of nitro groups is 1. The van der Waals surface area contributed by atoms with Crippen LogP contribution in [0.1, 0.15) is 0 Å². The van der Waals surface area contributed by atoms with Crippen molar-refractivity contribution in [1.29, 1.82) is 0 Å². The van der Waals surface area contributed by atoms with Gasteiger partial charge in [0.1, 0.15) is 0 Å². The molecule has 2 N–H and O–H groups in total. The van der Waals surface area contributed by atoms with Crippen molar-refractivity contribution in [3.8, 4) is 0 Å². The van der Waals surface area contributed by atoms with E-state index in [0.29, 0.717) is 4.90 Å². The van der Waals surface area contributed by atoms with Gasteiger partial charge in [-0.3, -0.25) is 19.5 Å². The number of benzene rings is 1. The molecule has 0 saturated heterocycles. The van der Waals surface area contributed by atoms with E-state index in [1.165, 1.54) is 36.8 Å². The van der Waals surface area contributed by atoms with Crippen molar-refractivity contribution in [1.82, 2.24) is 0 Å². The Morgan fingerprint density at radius 3 is 2.43 bits per heavy atom. The zero-order valence-corrected chi connectivity index (χ0v) is 8.78. The van der Waals surface area contributed by atoms with Crippen LogP contribution >= 0.6 is 0 Å². The summed E-state index contributed by atoms with van der Waals surface area (Å²) in [5.41, 5.74) is -0.101. The number of nitrogens with two attached hydrogens (primary N) is 1. The summed E-state index contributed by atoms with van der Waals surface area (Å²) in [5.74, 6) is 0. The summed E-state index contributed by atoms with van der Waals surface area (Å²) in [6.45, 7) is 0. The molecule has 6 heteroatoms. The maximum atomic E-state index is 11.9. The van der Waals surface area contributed by atoms with Gasteiger partial charge < -0.3 is 0 Å². The zero-order valence-electron chi connectivity index (χ0n) is 7.97. The number of hydrogen-bond acceptors (Lipinski definition) is 3. The van der Waals surface area contributed by atoms with Crippen LogP contribution in [0.25, 0.3) is 0 Å². The predicted octanol–water partition coefficient (Wildman–Crippen LogP) is 0.907. The standard InChI is InChI=1S/C8H12N2O3S/c1-14(2,9,13)8-5-3-4-7(6-8)10(11)12/h3-6H,1-2H3,(H2,9,13). The fraction of sp³-hybridized carbons (Fsp3) is 0.250. The second kappa shape index (κ2) is 2.86. The molecule has 0 atom stereocenters. The van der Waals surface area contributed by atoms with Gasteiger partial charge in [0.25, 0.3) is 5.69 Å². The molecular weight excluding hydrogens is 204 g/mol. The smallest absolute Gasteiger partial charge is 0.268 e. The van der Waals surface area contributed by atoms with Gasteiger partial charge in [0.15, 0.2) is 0 Å². The van der Waals surface area contributed by atoms with Gasteiger partial charge in [-0.25, -0.2) is 0 Å². The molecule has 0 fully saturated rings. The van der Waals surface area contributed by atoms with Gasteiger partial charge in [-0.05, 0) is 15.3 Å². The van der Waals surface area contributed by atoms with Crippen molar-refractivity contribution < 1.29 is 9.13 Å². The highest BCUT2D eigenvalue weighted by atomic mass is 32.3. The molecule has 0 unspecified atom stereocenters. The molecule has 0 saturated carbocycles. The molecule has 1 rings (SSSR count). The van der Waals surface area contributed by atoms with Crippen LogP contribution in [-0.2, 0) is 9.25 Å². The van der Waals surface area contributed by atoms with E-state index in [9.17, 15) is 14.3 Å². The normalized spacial score (nSPS) is 14.4. The average Bonchev–Trinajstić information content (AvgIpc) is 2.02. The van der Waals surface area contributed by atoms with Crippen LogP contribution in [0, 0.1) is 10.1 Å². The fourth-order valence-corrected chi connectivity index (χ4v) is 1.93. The van der Waals surface area contributed by atoms with Gasteiger partial charge in [0.05, 0.1) is 4.92 Å². The third-order valence-electron chi connectivity index (χ3n) is 1.73. The minimum Gasteiger partial charge on any atom is -0.268 e. The fourth-order valence-electron chi connectivity index (χ4n) is 0.976. The first-order valence-corrected chi connectivity index (χ1v) is 6.68. The number of rotatable bonds is 2. The Labute approximate surface area is 81.6 Å². The van der Waals surface area contributed by atoms with Crippen molar-refractivity contribution in [3.63, 3.8) is 0 Å². The largest absolute Gasteiger partial charge is 0.270 e. The maximum absolute atomic E-state index is 11.9. The molecule has 0 spiro atoms. The summed E-state index contributed by atoms with van der Waals surface area (Å²) in [6, 6.07) is 5.58. The predicted molar refractivity (Wildman–Crippen MR) is 55.5 cm³/mol. The summed E-state index contributed by atoms with van der Waals surface area (Å²) in [5, 5.41) is 16.1. The van der Waals surface area contributed by atoms with E-state index in [0.717, 1.165) is 0 Å². The van der Waals surface area contributed by atoms with Crippen LogP contribution in [0.2, 0.25) is 0 Å². The first-order chi connectivity index (χ1) is 6.17. The Balaban J connectivity index is 3.34. The van der Waals surface area contributed by atoms with E-state index in [4.69, 9.17) is 5.14 Å². The molecule has 78 valence electrons. The van der Waals surface area contributed by atoms with Crippen molar-refractivity contribution in [2.45, 2.75) is 4.90 Å². The first kappa shape index (κ1) is 10.8. The number of hydrogen-bond donors (Lipinski definition) is 1. The molecule has 0 radical (unpaired) electrons. The molecule has 0 aliphatic carbocycles. The van der Waals surface area contributed by atoms with Crippen LogP contribution in [0.5, 0.6) is 0 Å². The van der Waals surface area contributed by atoms with Gasteiger partial charge in [0.2, 0.25) is 0 Å². The third kappa shape index (κ3) is 2.36. The second-order valence-corrected chi connectivity index (χ2v) is 7.98. The molecule has 1 aromatic rings. The zero-order chi connectivity index (χ0) is 11.0. The Morgan fingerprint density at radius 1 is 1.43 bits per heavy atom. The number of nitrogens with zero attached hydrogens (tertiary/aromatic N) is 1. The van der Waals surface area contributed by atoms with Gasteiger partial charge >= 0.3 is 0 Å². The van der Waals surface area contributed by atoms with E-state index in [1.807, 2.05) is 0 Å². The summed E-state index contributed by atoms with van der Waals surface area (Å²) in [4.78, 5) is 10.2. The highest BCUT2D eigenvalue weighted by Gasteiger charge is 2.23. The van der Waals surface area contributed by atoms with Crippen molar-refractivity contribution in [3.05, 3.63) is 34.4 Å². The monoisotopic (exact) mass is 216 g/mol. The molecular formula is C8H12N2O3S. The van der Waals surface area contributed by atoms with Crippen LogP contribution < -0.4 is 5.14 Å². The molecule has 0 aliphatic heterocycles. The Hall–Kier alpha value is -1.27. The summed E-state index contributed by atoms with van der Waals surface area (Å²) < 4.78 is 11.9. The van der Waals surface area contributed by atoms with Gasteiger partial charge in [0, 0.05) is 29.5 Å². The van der Waals surface area contributed by atoms with Gasteiger partial charge in [-0.2, -0.15) is 0 Å². The highest BCUT2D eigenvalue weighted by Crippen LogP contribution is 2.25. The van der Waals surface area contributed by atoms with E-state index in [-0.39, 0.29) is 5.69 Å². The molecule has 14 heavy (non-hydrogen) atoms. The second-order valence-electron chi connectivity index (χ2n) is 3.67. The summed E-state index contributed by atoms with van der Waals surface area (Å²) in [6.07, 6.45) is 2.77. The van der Waals surface area contributed by atoms with Gasteiger partial charge in [-0.1, -0.05) is 6.07 Å². The Kier molecular flexibility index (Phi) is 2.21. The lowest BCUT2D eigenvalue weighted by Gasteiger charge is -2.28. The van der Waals surface area contributed by atoms with Crippen molar-refractivity contribution >= 4 is 14.9 Å². The third-order valence-corrected chi connectivity index (χ3v) is 3.39.